The van der Waals surface area contributed by atoms with Gasteiger partial charge in [0.15, 0.2) is 6.23 Å². The Morgan fingerprint density at radius 2 is 1.83 bits per heavy atom. The number of nitrogens with zero attached hydrogens (tertiary/aromatic N) is 1. The van der Waals surface area contributed by atoms with Gasteiger partial charge in [0.25, 0.3) is 0 Å². The van der Waals surface area contributed by atoms with E-state index in [2.05, 4.69) is 66.4 Å². The molecule has 2 aromatic carbocycles. The third-order valence-corrected chi connectivity index (χ3v) is 4.57. The number of ether oxygens (including phenoxy) is 1. The fourth-order valence-corrected chi connectivity index (χ4v) is 3.29. The van der Waals surface area contributed by atoms with Gasteiger partial charge in [0, 0.05) is 13.1 Å². The van der Waals surface area contributed by atoms with Gasteiger partial charge in [0.05, 0.1) is 0 Å². The highest BCUT2D eigenvalue weighted by Gasteiger charge is 2.25. The first-order valence-corrected chi connectivity index (χ1v) is 8.93. The number of hydrogen-bond donors (Lipinski definition) is 0. The number of likely N-dealkylation sites (tertiary alicyclic amines) is 1. The molecule has 1 fully saturated rings. The molecule has 0 bridgehead atoms. The summed E-state index contributed by atoms with van der Waals surface area (Å²) >= 11 is 0. The summed E-state index contributed by atoms with van der Waals surface area (Å²) in [7, 11) is 0. The molecule has 0 spiro atoms. The van der Waals surface area contributed by atoms with E-state index < -0.39 is 0 Å². The van der Waals surface area contributed by atoms with E-state index in [0.717, 1.165) is 18.7 Å². The fraction of sp³-hybridized carbons (Fsp3) is 0.429. The Morgan fingerprint density at radius 3 is 2.65 bits per heavy atom. The van der Waals surface area contributed by atoms with Crippen LogP contribution < -0.4 is 4.74 Å². The predicted octanol–water partition coefficient (Wildman–Crippen LogP) is 5.34. The summed E-state index contributed by atoms with van der Waals surface area (Å²) in [5, 5.41) is 0. The molecule has 1 atom stereocenters. The smallest absolute Gasteiger partial charge is 0.152 e. The van der Waals surface area contributed by atoms with Crippen LogP contribution in [0.3, 0.4) is 0 Å². The molecule has 1 aliphatic heterocycles. The van der Waals surface area contributed by atoms with Gasteiger partial charge in [-0.25, -0.2) is 0 Å². The summed E-state index contributed by atoms with van der Waals surface area (Å²) in [6, 6.07) is 19.0. The average Bonchev–Trinajstić information content (AvgIpc) is 3.03. The van der Waals surface area contributed by atoms with Crippen molar-refractivity contribution >= 4 is 0 Å². The fourth-order valence-electron chi connectivity index (χ4n) is 3.29. The van der Waals surface area contributed by atoms with Crippen molar-refractivity contribution in [1.82, 2.24) is 4.90 Å². The Balaban J connectivity index is 1.65. The van der Waals surface area contributed by atoms with E-state index in [-0.39, 0.29) is 6.23 Å². The molecule has 1 unspecified atom stereocenters. The van der Waals surface area contributed by atoms with Crippen molar-refractivity contribution in [2.24, 2.45) is 0 Å². The second-order valence-electron chi connectivity index (χ2n) is 6.35. The standard InChI is InChI=1S/C21H27NO/c1-2-3-7-15-22-16-9-14-21(22)23-20-13-8-12-19(17-20)18-10-5-4-6-11-18/h4-6,8,10-13,17,21H,2-3,7,9,14-16H2,1H3. The first-order chi connectivity index (χ1) is 11.4. The van der Waals surface area contributed by atoms with Gasteiger partial charge < -0.3 is 4.74 Å². The van der Waals surface area contributed by atoms with Crippen molar-refractivity contribution < 1.29 is 4.74 Å². The molecule has 3 rings (SSSR count). The van der Waals surface area contributed by atoms with E-state index in [9.17, 15) is 0 Å². The zero-order chi connectivity index (χ0) is 15.9. The zero-order valence-corrected chi connectivity index (χ0v) is 14.1. The molecular weight excluding hydrogens is 282 g/mol. The zero-order valence-electron chi connectivity index (χ0n) is 14.1. The minimum Gasteiger partial charge on any atom is -0.475 e. The number of unbranched alkanes of at least 4 members (excludes halogenated alkanes) is 2. The molecule has 0 aliphatic carbocycles. The molecule has 0 aromatic heterocycles. The highest BCUT2D eigenvalue weighted by Crippen LogP contribution is 2.27. The maximum Gasteiger partial charge on any atom is 0.152 e. The molecule has 1 heterocycles. The summed E-state index contributed by atoms with van der Waals surface area (Å²) in [5.41, 5.74) is 2.46. The van der Waals surface area contributed by atoms with Crippen molar-refractivity contribution in [2.75, 3.05) is 13.1 Å². The van der Waals surface area contributed by atoms with Crippen LogP contribution in [-0.2, 0) is 0 Å². The Bertz CT molecular complexity index is 596. The van der Waals surface area contributed by atoms with Gasteiger partial charge in [-0.1, -0.05) is 62.2 Å². The lowest BCUT2D eigenvalue weighted by molar-refractivity contribution is 0.0595. The lowest BCUT2D eigenvalue weighted by atomic mass is 10.1. The Hall–Kier alpha value is -1.80. The van der Waals surface area contributed by atoms with E-state index in [1.807, 2.05) is 0 Å². The van der Waals surface area contributed by atoms with Crippen molar-refractivity contribution in [3.05, 3.63) is 54.6 Å². The number of benzene rings is 2. The summed E-state index contributed by atoms with van der Waals surface area (Å²) in [4.78, 5) is 2.50. The Kier molecular flexibility index (Phi) is 5.71. The van der Waals surface area contributed by atoms with E-state index in [1.54, 1.807) is 0 Å². The van der Waals surface area contributed by atoms with Gasteiger partial charge in [-0.05, 0) is 42.5 Å². The minimum atomic E-state index is 0.248. The van der Waals surface area contributed by atoms with E-state index in [0.29, 0.717) is 0 Å². The molecule has 1 aliphatic rings. The van der Waals surface area contributed by atoms with Gasteiger partial charge in [0.1, 0.15) is 5.75 Å². The first kappa shape index (κ1) is 16.1. The van der Waals surface area contributed by atoms with E-state index >= 15 is 0 Å². The van der Waals surface area contributed by atoms with Gasteiger partial charge in [0.2, 0.25) is 0 Å². The van der Waals surface area contributed by atoms with Crippen molar-refractivity contribution in [2.45, 2.75) is 45.3 Å². The molecule has 0 radical (unpaired) electrons. The molecule has 2 aromatic rings. The lowest BCUT2D eigenvalue weighted by Crippen LogP contribution is -2.34. The third-order valence-electron chi connectivity index (χ3n) is 4.57. The Morgan fingerprint density at radius 1 is 1.00 bits per heavy atom. The van der Waals surface area contributed by atoms with Gasteiger partial charge in [-0.2, -0.15) is 0 Å². The molecule has 0 amide bonds. The van der Waals surface area contributed by atoms with Crippen LogP contribution in [0.25, 0.3) is 11.1 Å². The maximum absolute atomic E-state index is 6.31. The van der Waals surface area contributed by atoms with Crippen LogP contribution in [-0.4, -0.2) is 24.2 Å². The third kappa shape index (κ3) is 4.35. The molecule has 122 valence electrons. The molecule has 0 N–H and O–H groups in total. The molecular formula is C21H27NO. The normalized spacial score (nSPS) is 18.2. The quantitative estimate of drug-likeness (QED) is 0.640. The second kappa shape index (κ2) is 8.16. The largest absolute Gasteiger partial charge is 0.475 e. The topological polar surface area (TPSA) is 12.5 Å². The van der Waals surface area contributed by atoms with Crippen LogP contribution in [0, 0.1) is 0 Å². The van der Waals surface area contributed by atoms with Crippen molar-refractivity contribution in [1.29, 1.82) is 0 Å². The van der Waals surface area contributed by atoms with Gasteiger partial charge in [-0.15, -0.1) is 0 Å². The maximum atomic E-state index is 6.31. The highest BCUT2D eigenvalue weighted by molar-refractivity contribution is 5.64. The summed E-state index contributed by atoms with van der Waals surface area (Å²) in [5.74, 6) is 0.985. The minimum absolute atomic E-state index is 0.248. The van der Waals surface area contributed by atoms with Gasteiger partial charge in [-0.3, -0.25) is 4.90 Å². The van der Waals surface area contributed by atoms with Crippen LogP contribution in [0.5, 0.6) is 5.75 Å². The van der Waals surface area contributed by atoms with Crippen LogP contribution in [0.2, 0.25) is 0 Å². The lowest BCUT2D eigenvalue weighted by Gasteiger charge is -2.25. The highest BCUT2D eigenvalue weighted by atomic mass is 16.5. The molecule has 0 saturated carbocycles. The van der Waals surface area contributed by atoms with Crippen LogP contribution in [0.15, 0.2) is 54.6 Å². The molecule has 1 saturated heterocycles. The second-order valence-corrected chi connectivity index (χ2v) is 6.35. The summed E-state index contributed by atoms with van der Waals surface area (Å²) < 4.78 is 6.31. The number of hydrogen-bond acceptors (Lipinski definition) is 2. The van der Waals surface area contributed by atoms with Crippen LogP contribution in [0.1, 0.15) is 39.0 Å². The van der Waals surface area contributed by atoms with Crippen LogP contribution >= 0.6 is 0 Å². The van der Waals surface area contributed by atoms with Gasteiger partial charge >= 0.3 is 0 Å². The monoisotopic (exact) mass is 309 g/mol. The SMILES string of the molecule is CCCCCN1CCCC1Oc1cccc(-c2ccccc2)c1. The summed E-state index contributed by atoms with van der Waals surface area (Å²) in [6.45, 7) is 4.59. The van der Waals surface area contributed by atoms with Crippen molar-refractivity contribution in [3.8, 4) is 16.9 Å². The van der Waals surface area contributed by atoms with Crippen molar-refractivity contribution in [3.63, 3.8) is 0 Å². The first-order valence-electron chi connectivity index (χ1n) is 8.93. The molecule has 2 nitrogen and oxygen atoms in total. The van der Waals surface area contributed by atoms with E-state index in [1.165, 1.54) is 43.4 Å². The van der Waals surface area contributed by atoms with E-state index in [4.69, 9.17) is 4.74 Å². The molecule has 2 heteroatoms. The Labute approximate surface area is 140 Å². The average molecular weight is 309 g/mol. The molecule has 23 heavy (non-hydrogen) atoms. The summed E-state index contributed by atoms with van der Waals surface area (Å²) in [6.07, 6.45) is 6.50. The van der Waals surface area contributed by atoms with Crippen LogP contribution in [0.4, 0.5) is 0 Å². The number of rotatable bonds is 7. The predicted molar refractivity (Wildman–Crippen MR) is 96.6 cm³/mol.